The van der Waals surface area contributed by atoms with Crippen LogP contribution >= 0.6 is 0 Å². The van der Waals surface area contributed by atoms with Crippen molar-refractivity contribution in [2.75, 3.05) is 13.1 Å². The molecule has 0 unspecified atom stereocenters. The first-order valence-electron chi connectivity index (χ1n) is 7.88. The SMILES string of the molecule is CCc1ccc(CN2CCNC(=O)[C@@H]2c2ccc(F)cc2)nc1. The monoisotopic (exact) mass is 313 g/mol. The summed E-state index contributed by atoms with van der Waals surface area (Å²) in [6.07, 6.45) is 2.84. The molecule has 1 atom stereocenters. The molecule has 0 bridgehead atoms. The van der Waals surface area contributed by atoms with Crippen LogP contribution in [0.4, 0.5) is 4.39 Å². The number of piperazine rings is 1. The number of benzene rings is 1. The predicted octanol–water partition coefficient (Wildman–Crippen LogP) is 2.46. The molecule has 0 radical (unpaired) electrons. The van der Waals surface area contributed by atoms with Crippen LogP contribution in [0.5, 0.6) is 0 Å². The lowest BCUT2D eigenvalue weighted by Gasteiger charge is -2.35. The molecular weight excluding hydrogens is 293 g/mol. The van der Waals surface area contributed by atoms with Crippen LogP contribution in [0.15, 0.2) is 42.6 Å². The van der Waals surface area contributed by atoms with Gasteiger partial charge in [0.2, 0.25) is 5.91 Å². The first kappa shape index (κ1) is 15.6. The van der Waals surface area contributed by atoms with E-state index in [9.17, 15) is 9.18 Å². The highest BCUT2D eigenvalue weighted by atomic mass is 19.1. The van der Waals surface area contributed by atoms with E-state index in [0.29, 0.717) is 13.1 Å². The molecule has 120 valence electrons. The second kappa shape index (κ2) is 6.87. The first-order valence-corrected chi connectivity index (χ1v) is 7.88. The van der Waals surface area contributed by atoms with Crippen molar-refractivity contribution in [3.63, 3.8) is 0 Å². The predicted molar refractivity (Wildman–Crippen MR) is 86.2 cm³/mol. The van der Waals surface area contributed by atoms with E-state index in [1.54, 1.807) is 12.1 Å². The summed E-state index contributed by atoms with van der Waals surface area (Å²) in [6.45, 7) is 4.05. The number of amides is 1. The van der Waals surface area contributed by atoms with E-state index in [-0.39, 0.29) is 11.7 Å². The Labute approximate surface area is 135 Å². The summed E-state index contributed by atoms with van der Waals surface area (Å²) in [5, 5.41) is 2.88. The number of rotatable bonds is 4. The minimum absolute atomic E-state index is 0.0481. The van der Waals surface area contributed by atoms with Gasteiger partial charge in [-0.1, -0.05) is 25.1 Å². The molecule has 1 aliphatic rings. The van der Waals surface area contributed by atoms with Gasteiger partial charge in [-0.15, -0.1) is 0 Å². The molecule has 0 aliphatic carbocycles. The number of hydrogen-bond acceptors (Lipinski definition) is 3. The Hall–Kier alpha value is -2.27. The summed E-state index contributed by atoms with van der Waals surface area (Å²) < 4.78 is 13.1. The van der Waals surface area contributed by atoms with Crippen molar-refractivity contribution in [3.05, 3.63) is 65.2 Å². The molecule has 1 aliphatic heterocycles. The number of aryl methyl sites for hydroxylation is 1. The van der Waals surface area contributed by atoms with Crippen molar-refractivity contribution >= 4 is 5.91 Å². The van der Waals surface area contributed by atoms with Crippen molar-refractivity contribution < 1.29 is 9.18 Å². The second-order valence-electron chi connectivity index (χ2n) is 5.73. The Morgan fingerprint density at radius 1 is 1.26 bits per heavy atom. The summed E-state index contributed by atoms with van der Waals surface area (Å²) in [5.74, 6) is -0.346. The van der Waals surface area contributed by atoms with Gasteiger partial charge in [0.25, 0.3) is 0 Å². The average Bonchev–Trinajstić information content (AvgIpc) is 2.57. The number of aromatic nitrogens is 1. The molecule has 1 N–H and O–H groups in total. The van der Waals surface area contributed by atoms with E-state index in [4.69, 9.17) is 0 Å². The number of nitrogens with one attached hydrogen (secondary N) is 1. The van der Waals surface area contributed by atoms with Crippen molar-refractivity contribution in [2.45, 2.75) is 25.9 Å². The highest BCUT2D eigenvalue weighted by Crippen LogP contribution is 2.25. The van der Waals surface area contributed by atoms with Crippen LogP contribution in [0.25, 0.3) is 0 Å². The van der Waals surface area contributed by atoms with Crippen LogP contribution in [0.2, 0.25) is 0 Å². The van der Waals surface area contributed by atoms with Gasteiger partial charge in [-0.2, -0.15) is 0 Å². The Morgan fingerprint density at radius 3 is 2.70 bits per heavy atom. The normalized spacial score (nSPS) is 18.7. The van der Waals surface area contributed by atoms with E-state index in [0.717, 1.165) is 24.2 Å². The zero-order valence-corrected chi connectivity index (χ0v) is 13.1. The van der Waals surface area contributed by atoms with Gasteiger partial charge in [-0.05, 0) is 35.7 Å². The molecule has 5 heteroatoms. The number of carbonyl (C=O) groups is 1. The zero-order chi connectivity index (χ0) is 16.2. The van der Waals surface area contributed by atoms with Crippen molar-refractivity contribution in [2.24, 2.45) is 0 Å². The molecule has 1 aromatic heterocycles. The average molecular weight is 313 g/mol. The number of carbonyl (C=O) groups excluding carboxylic acids is 1. The zero-order valence-electron chi connectivity index (χ0n) is 13.1. The fourth-order valence-electron chi connectivity index (χ4n) is 2.86. The van der Waals surface area contributed by atoms with Crippen LogP contribution < -0.4 is 5.32 Å². The molecule has 0 spiro atoms. The van der Waals surface area contributed by atoms with Gasteiger partial charge < -0.3 is 5.32 Å². The molecule has 23 heavy (non-hydrogen) atoms. The summed E-state index contributed by atoms with van der Waals surface area (Å²) in [5.41, 5.74) is 2.93. The molecule has 2 heterocycles. The second-order valence-corrected chi connectivity index (χ2v) is 5.73. The third-order valence-electron chi connectivity index (χ3n) is 4.16. The van der Waals surface area contributed by atoms with E-state index < -0.39 is 6.04 Å². The lowest BCUT2D eigenvalue weighted by atomic mass is 10.0. The highest BCUT2D eigenvalue weighted by molar-refractivity contribution is 5.83. The lowest BCUT2D eigenvalue weighted by molar-refractivity contribution is -0.129. The largest absolute Gasteiger partial charge is 0.353 e. The van der Waals surface area contributed by atoms with Crippen LogP contribution in [0.1, 0.15) is 29.8 Å². The minimum atomic E-state index is -0.406. The number of pyridine rings is 1. The van der Waals surface area contributed by atoms with E-state index >= 15 is 0 Å². The van der Waals surface area contributed by atoms with Gasteiger partial charge >= 0.3 is 0 Å². The fourth-order valence-corrected chi connectivity index (χ4v) is 2.86. The summed E-state index contributed by atoms with van der Waals surface area (Å²) in [7, 11) is 0. The fraction of sp³-hybridized carbons (Fsp3) is 0.333. The topological polar surface area (TPSA) is 45.2 Å². The maximum Gasteiger partial charge on any atom is 0.242 e. The van der Waals surface area contributed by atoms with Gasteiger partial charge in [0.15, 0.2) is 0 Å². The van der Waals surface area contributed by atoms with Gasteiger partial charge in [-0.3, -0.25) is 14.7 Å². The van der Waals surface area contributed by atoms with Crippen LogP contribution in [-0.4, -0.2) is 28.9 Å². The van der Waals surface area contributed by atoms with Crippen LogP contribution in [0, 0.1) is 5.82 Å². The highest BCUT2D eigenvalue weighted by Gasteiger charge is 2.31. The van der Waals surface area contributed by atoms with Gasteiger partial charge in [0.1, 0.15) is 11.9 Å². The molecule has 0 saturated carbocycles. The van der Waals surface area contributed by atoms with E-state index in [2.05, 4.69) is 28.2 Å². The first-order chi connectivity index (χ1) is 11.2. The van der Waals surface area contributed by atoms with Gasteiger partial charge in [0, 0.05) is 25.8 Å². The quantitative estimate of drug-likeness (QED) is 0.943. The molecule has 1 amide bonds. The van der Waals surface area contributed by atoms with Crippen molar-refractivity contribution in [1.29, 1.82) is 0 Å². The standard InChI is InChI=1S/C18H20FN3O/c1-2-13-3-8-16(21-11-13)12-22-10-9-20-18(23)17(22)14-4-6-15(19)7-5-14/h3-8,11,17H,2,9-10,12H2,1H3,(H,20,23)/t17-/m0/s1. The number of halogens is 1. The molecule has 4 nitrogen and oxygen atoms in total. The van der Waals surface area contributed by atoms with Crippen LogP contribution in [0.3, 0.4) is 0 Å². The third-order valence-corrected chi connectivity index (χ3v) is 4.16. The van der Waals surface area contributed by atoms with Crippen LogP contribution in [-0.2, 0) is 17.8 Å². The molecule has 1 fully saturated rings. The Morgan fingerprint density at radius 2 is 2.04 bits per heavy atom. The van der Waals surface area contributed by atoms with Crippen molar-refractivity contribution in [1.82, 2.24) is 15.2 Å². The Bertz CT molecular complexity index is 670. The van der Waals surface area contributed by atoms with E-state index in [1.807, 2.05) is 12.3 Å². The molecular formula is C18H20FN3O. The minimum Gasteiger partial charge on any atom is -0.353 e. The summed E-state index contributed by atoms with van der Waals surface area (Å²) in [6, 6.07) is 9.80. The smallest absolute Gasteiger partial charge is 0.242 e. The lowest BCUT2D eigenvalue weighted by Crippen LogP contribution is -2.49. The molecule has 2 aromatic rings. The van der Waals surface area contributed by atoms with Crippen molar-refractivity contribution in [3.8, 4) is 0 Å². The summed E-state index contributed by atoms with van der Waals surface area (Å²) >= 11 is 0. The van der Waals surface area contributed by atoms with Gasteiger partial charge in [0.05, 0.1) is 5.69 Å². The van der Waals surface area contributed by atoms with Gasteiger partial charge in [-0.25, -0.2) is 4.39 Å². The molecule has 1 saturated heterocycles. The molecule has 3 rings (SSSR count). The Balaban J connectivity index is 1.82. The number of hydrogen-bond donors (Lipinski definition) is 1. The maximum absolute atomic E-state index is 13.1. The Kier molecular flexibility index (Phi) is 4.67. The maximum atomic E-state index is 13.1. The summed E-state index contributed by atoms with van der Waals surface area (Å²) in [4.78, 5) is 18.9. The third kappa shape index (κ3) is 3.56. The number of nitrogens with zero attached hydrogens (tertiary/aromatic N) is 2. The molecule has 1 aromatic carbocycles. The van der Waals surface area contributed by atoms with E-state index in [1.165, 1.54) is 17.7 Å².